The number of hydrogen-bond donors (Lipinski definition) is 0. The summed E-state index contributed by atoms with van der Waals surface area (Å²) in [5.41, 5.74) is 2.47. The molecule has 0 unspecified atom stereocenters. The van der Waals surface area contributed by atoms with Crippen LogP contribution in [0.2, 0.25) is 0 Å². The Morgan fingerprint density at radius 1 is 1.35 bits per heavy atom. The van der Waals surface area contributed by atoms with Crippen LogP contribution < -0.4 is 9.64 Å². The maximum absolute atomic E-state index is 5.73. The number of methoxy groups -OCH3 is 1. The van der Waals surface area contributed by atoms with Crippen LogP contribution in [0.25, 0.3) is 0 Å². The van der Waals surface area contributed by atoms with Gasteiger partial charge >= 0.3 is 0 Å². The van der Waals surface area contributed by atoms with E-state index in [9.17, 15) is 0 Å². The van der Waals surface area contributed by atoms with Crippen LogP contribution in [0.1, 0.15) is 31.7 Å². The van der Waals surface area contributed by atoms with E-state index in [1.165, 1.54) is 5.56 Å². The summed E-state index contributed by atoms with van der Waals surface area (Å²) in [6.45, 7) is 5.34. The van der Waals surface area contributed by atoms with E-state index >= 15 is 0 Å². The van der Waals surface area contributed by atoms with E-state index in [-0.39, 0.29) is 0 Å². The molecule has 2 nitrogen and oxygen atoms in total. The Labute approximate surface area is 110 Å². The quantitative estimate of drug-likeness (QED) is 0.716. The van der Waals surface area contributed by atoms with E-state index in [1.54, 1.807) is 7.11 Å². The van der Waals surface area contributed by atoms with Crippen molar-refractivity contribution in [2.75, 3.05) is 31.5 Å². The van der Waals surface area contributed by atoms with Gasteiger partial charge in [0.15, 0.2) is 0 Å². The Morgan fingerprint density at radius 3 is 2.59 bits per heavy atom. The van der Waals surface area contributed by atoms with Gasteiger partial charge < -0.3 is 9.64 Å². The van der Waals surface area contributed by atoms with E-state index < -0.39 is 0 Å². The molecule has 0 aliphatic heterocycles. The van der Waals surface area contributed by atoms with Crippen molar-refractivity contribution < 1.29 is 4.74 Å². The highest BCUT2D eigenvalue weighted by atomic mass is 35.5. The maximum Gasteiger partial charge on any atom is 0.142 e. The van der Waals surface area contributed by atoms with Crippen molar-refractivity contribution in [3.63, 3.8) is 0 Å². The first-order valence-electron chi connectivity index (χ1n) is 6.05. The zero-order valence-electron chi connectivity index (χ0n) is 11.2. The van der Waals surface area contributed by atoms with Crippen LogP contribution in [-0.4, -0.2) is 26.6 Å². The van der Waals surface area contributed by atoms with Crippen LogP contribution in [-0.2, 0) is 0 Å². The minimum absolute atomic E-state index is 0.529. The molecule has 0 aliphatic carbocycles. The van der Waals surface area contributed by atoms with Gasteiger partial charge in [0.1, 0.15) is 5.75 Å². The summed E-state index contributed by atoms with van der Waals surface area (Å²) in [6, 6.07) is 6.38. The van der Waals surface area contributed by atoms with Crippen molar-refractivity contribution in [1.29, 1.82) is 0 Å². The van der Waals surface area contributed by atoms with Crippen LogP contribution in [0.3, 0.4) is 0 Å². The Hall–Kier alpha value is -0.890. The van der Waals surface area contributed by atoms with Crippen molar-refractivity contribution in [3.8, 4) is 5.75 Å². The first-order valence-corrected chi connectivity index (χ1v) is 6.58. The number of alkyl halides is 1. The minimum atomic E-state index is 0.529. The van der Waals surface area contributed by atoms with Crippen molar-refractivity contribution in [3.05, 3.63) is 23.8 Å². The second-order valence-electron chi connectivity index (χ2n) is 4.55. The molecule has 0 radical (unpaired) electrons. The summed E-state index contributed by atoms with van der Waals surface area (Å²) < 4.78 is 5.41. The first-order chi connectivity index (χ1) is 8.10. The monoisotopic (exact) mass is 255 g/mol. The lowest BCUT2D eigenvalue weighted by Crippen LogP contribution is -2.19. The van der Waals surface area contributed by atoms with E-state index in [4.69, 9.17) is 16.3 Å². The molecule has 0 saturated heterocycles. The first kappa shape index (κ1) is 14.2. The molecule has 17 heavy (non-hydrogen) atoms. The second kappa shape index (κ2) is 6.75. The molecule has 0 amide bonds. The molecule has 96 valence electrons. The van der Waals surface area contributed by atoms with Gasteiger partial charge in [-0.25, -0.2) is 0 Å². The van der Waals surface area contributed by atoms with E-state index in [0.717, 1.165) is 24.4 Å². The third kappa shape index (κ3) is 3.81. The molecule has 0 atom stereocenters. The fraction of sp³-hybridized carbons (Fsp3) is 0.571. The molecular weight excluding hydrogens is 234 g/mol. The Balaban J connectivity index is 2.96. The Bertz CT molecular complexity index is 352. The Kier molecular flexibility index (Phi) is 5.63. The highest BCUT2D eigenvalue weighted by molar-refractivity contribution is 6.17. The Morgan fingerprint density at radius 2 is 2.06 bits per heavy atom. The average molecular weight is 256 g/mol. The molecule has 1 aromatic carbocycles. The number of anilines is 1. The largest absolute Gasteiger partial charge is 0.495 e. The number of ether oxygens (including phenoxy) is 1. The predicted octanol–water partition coefficient (Wildman–Crippen LogP) is 3.88. The minimum Gasteiger partial charge on any atom is -0.495 e. The number of halogens is 1. The fourth-order valence-electron chi connectivity index (χ4n) is 1.78. The summed E-state index contributed by atoms with van der Waals surface area (Å²) in [6.07, 6.45) is 0.979. The normalized spacial score (nSPS) is 10.7. The number of hydrogen-bond acceptors (Lipinski definition) is 2. The van der Waals surface area contributed by atoms with E-state index in [2.05, 4.69) is 37.9 Å². The van der Waals surface area contributed by atoms with Gasteiger partial charge in [-0.3, -0.25) is 0 Å². The lowest BCUT2D eigenvalue weighted by molar-refractivity contribution is 0.414. The van der Waals surface area contributed by atoms with E-state index in [1.807, 2.05) is 6.07 Å². The standard InChI is InChI=1S/C14H22ClNO/c1-11(2)12-6-7-14(17-4)13(10-12)16(3)9-5-8-15/h6-7,10-11H,5,8-9H2,1-4H3. The molecule has 1 aromatic rings. The molecule has 0 bridgehead atoms. The molecule has 0 fully saturated rings. The van der Waals surface area contributed by atoms with Crippen molar-refractivity contribution in [2.24, 2.45) is 0 Å². The molecule has 0 aliphatic rings. The smallest absolute Gasteiger partial charge is 0.142 e. The molecule has 0 aromatic heterocycles. The van der Waals surface area contributed by atoms with Crippen LogP contribution in [0, 0.1) is 0 Å². The topological polar surface area (TPSA) is 12.5 Å². The van der Waals surface area contributed by atoms with Crippen molar-refractivity contribution in [2.45, 2.75) is 26.2 Å². The summed E-state index contributed by atoms with van der Waals surface area (Å²) in [7, 11) is 3.79. The van der Waals surface area contributed by atoms with Crippen LogP contribution in [0.4, 0.5) is 5.69 Å². The molecular formula is C14H22ClNO. The van der Waals surface area contributed by atoms with Crippen molar-refractivity contribution in [1.82, 2.24) is 0 Å². The second-order valence-corrected chi connectivity index (χ2v) is 4.93. The van der Waals surface area contributed by atoms with Gasteiger partial charge in [0.25, 0.3) is 0 Å². The molecule has 0 N–H and O–H groups in total. The zero-order valence-corrected chi connectivity index (χ0v) is 11.9. The van der Waals surface area contributed by atoms with Gasteiger partial charge in [0.05, 0.1) is 12.8 Å². The van der Waals surface area contributed by atoms with Gasteiger partial charge in [-0.05, 0) is 30.0 Å². The molecule has 0 heterocycles. The van der Waals surface area contributed by atoms with Gasteiger partial charge in [-0.2, -0.15) is 0 Å². The highest BCUT2D eigenvalue weighted by Gasteiger charge is 2.10. The lowest BCUT2D eigenvalue weighted by atomic mass is 10.0. The molecule has 0 spiro atoms. The maximum atomic E-state index is 5.73. The summed E-state index contributed by atoms with van der Waals surface area (Å²) in [4.78, 5) is 2.20. The van der Waals surface area contributed by atoms with Gasteiger partial charge in [0.2, 0.25) is 0 Å². The van der Waals surface area contributed by atoms with Crippen molar-refractivity contribution >= 4 is 17.3 Å². The summed E-state index contributed by atoms with van der Waals surface area (Å²) in [5.74, 6) is 2.14. The average Bonchev–Trinajstić information content (AvgIpc) is 2.34. The van der Waals surface area contributed by atoms with Gasteiger partial charge in [0, 0.05) is 19.5 Å². The van der Waals surface area contributed by atoms with Crippen LogP contribution in [0.5, 0.6) is 5.75 Å². The highest BCUT2D eigenvalue weighted by Crippen LogP contribution is 2.31. The molecule has 1 rings (SSSR count). The lowest BCUT2D eigenvalue weighted by Gasteiger charge is -2.22. The summed E-state index contributed by atoms with van der Waals surface area (Å²) >= 11 is 5.73. The van der Waals surface area contributed by atoms with Crippen LogP contribution in [0.15, 0.2) is 18.2 Å². The molecule has 0 saturated carbocycles. The predicted molar refractivity (Wildman–Crippen MR) is 75.7 cm³/mol. The zero-order chi connectivity index (χ0) is 12.8. The number of benzene rings is 1. The van der Waals surface area contributed by atoms with Gasteiger partial charge in [-0.15, -0.1) is 11.6 Å². The van der Waals surface area contributed by atoms with Gasteiger partial charge in [-0.1, -0.05) is 19.9 Å². The fourth-order valence-corrected chi connectivity index (χ4v) is 1.90. The third-order valence-corrected chi connectivity index (χ3v) is 3.18. The third-order valence-electron chi connectivity index (χ3n) is 2.91. The summed E-state index contributed by atoms with van der Waals surface area (Å²) in [5, 5.41) is 0. The number of rotatable bonds is 6. The molecule has 3 heteroatoms. The van der Waals surface area contributed by atoms with E-state index in [0.29, 0.717) is 11.8 Å². The number of nitrogens with zero attached hydrogens (tertiary/aromatic N) is 1. The SMILES string of the molecule is COc1ccc(C(C)C)cc1N(C)CCCCl. The van der Waals surface area contributed by atoms with Crippen LogP contribution >= 0.6 is 11.6 Å².